The molecule has 0 radical (unpaired) electrons. The van der Waals surface area contributed by atoms with Crippen molar-refractivity contribution in [2.75, 3.05) is 0 Å². The average Bonchev–Trinajstić information content (AvgIpc) is 1.48. The van der Waals surface area contributed by atoms with Crippen LogP contribution in [0, 0.1) is 41.6 Å². The van der Waals surface area contributed by atoms with E-state index in [9.17, 15) is 5.26 Å². The molecule has 18 rings (SSSR count). The third-order valence-electron chi connectivity index (χ3n) is 20.1. The zero-order valence-corrected chi connectivity index (χ0v) is 50.3. The Bertz CT molecular complexity index is 5070. The van der Waals surface area contributed by atoms with Crippen molar-refractivity contribution in [3.63, 3.8) is 0 Å². The molecule has 13 aromatic rings. The van der Waals surface area contributed by atoms with Crippen LogP contribution in [0.3, 0.4) is 0 Å². The summed E-state index contributed by atoms with van der Waals surface area (Å²) in [6, 6.07) is 94.9. The standard InChI is InChI=1S/C84H58N8/c1-86-77-69(25-15-27-73(77)83-91-79(61-22-12-5-13-23-61)88-81(92-83)63-38-32-57(33-39-63)55-18-8-3-9-19-55)65-41-43-71-70-42-40-64(49-75(70)84(76(71)50-65)66-45-52-44-53(47-66)48-67(84)46-52)58-28-34-59(35-29-58)68-24-14-26-72(74(68)51-85)82-89-78(60-20-10-4-11-21-60)87-80(90-82)62-36-30-56(31-37-62)54-16-6-2-7-17-54/h2-43,49-50,52-53,66-67H,44-48H2. The van der Waals surface area contributed by atoms with Gasteiger partial charge in [-0.05, 0) is 140 Å². The number of hydrogen-bond donors (Lipinski definition) is 0. The zero-order chi connectivity index (χ0) is 61.3. The van der Waals surface area contributed by atoms with Crippen LogP contribution in [0.1, 0.15) is 48.8 Å². The minimum Gasteiger partial charge on any atom is -0.237 e. The maximum atomic E-state index is 11.1. The van der Waals surface area contributed by atoms with Crippen molar-refractivity contribution in [3.8, 4) is 141 Å². The summed E-state index contributed by atoms with van der Waals surface area (Å²) in [4.78, 5) is 34.8. The van der Waals surface area contributed by atoms with E-state index in [4.69, 9.17) is 36.5 Å². The monoisotopic (exact) mass is 1180 g/mol. The van der Waals surface area contributed by atoms with Gasteiger partial charge in [0.1, 0.15) is 6.07 Å². The predicted octanol–water partition coefficient (Wildman–Crippen LogP) is 20.5. The Kier molecular flexibility index (Phi) is 13.3. The van der Waals surface area contributed by atoms with Gasteiger partial charge >= 0.3 is 0 Å². The second-order valence-corrected chi connectivity index (χ2v) is 25.2. The van der Waals surface area contributed by atoms with Crippen LogP contribution in [0.2, 0.25) is 0 Å². The molecular weight excluding hydrogens is 1120 g/mol. The fraction of sp³-hybridized carbons (Fsp3) is 0.119. The lowest BCUT2D eigenvalue weighted by molar-refractivity contribution is -0.0399. The van der Waals surface area contributed by atoms with E-state index >= 15 is 0 Å². The van der Waals surface area contributed by atoms with Crippen LogP contribution < -0.4 is 0 Å². The first-order valence-electron chi connectivity index (χ1n) is 31.8. The quantitative estimate of drug-likeness (QED) is 0.119. The number of rotatable bonds is 11. The molecule has 0 saturated heterocycles. The molecule has 11 aromatic carbocycles. The fourth-order valence-electron chi connectivity index (χ4n) is 16.1. The van der Waals surface area contributed by atoms with Gasteiger partial charge in [0, 0.05) is 44.4 Å². The van der Waals surface area contributed by atoms with E-state index in [1.54, 1.807) is 0 Å². The van der Waals surface area contributed by atoms with Gasteiger partial charge in [-0.25, -0.2) is 34.7 Å². The number of benzene rings is 11. The molecular formula is C84H58N8. The van der Waals surface area contributed by atoms with Crippen molar-refractivity contribution in [2.24, 2.45) is 23.7 Å². The van der Waals surface area contributed by atoms with E-state index in [-0.39, 0.29) is 5.41 Å². The molecule has 5 aliphatic carbocycles. The van der Waals surface area contributed by atoms with Gasteiger partial charge in [0.2, 0.25) is 5.69 Å². The summed E-state index contributed by atoms with van der Waals surface area (Å²) in [7, 11) is 0. The van der Waals surface area contributed by atoms with Crippen LogP contribution >= 0.6 is 0 Å². The number of nitriles is 1. The first-order chi connectivity index (χ1) is 45.4. The van der Waals surface area contributed by atoms with Crippen molar-refractivity contribution < 1.29 is 0 Å². The normalized spacial score (nSPS) is 18.0. The third-order valence-corrected chi connectivity index (χ3v) is 20.1. The maximum absolute atomic E-state index is 11.1. The number of para-hydroxylation sites is 1. The molecule has 0 unspecified atom stereocenters. The molecule has 2 aromatic heterocycles. The number of nitrogens with zero attached hydrogens (tertiary/aromatic N) is 8. The number of hydrogen-bond acceptors (Lipinski definition) is 7. The van der Waals surface area contributed by atoms with Gasteiger partial charge in [-0.1, -0.05) is 255 Å². The van der Waals surface area contributed by atoms with E-state index in [2.05, 4.69) is 169 Å². The Morgan fingerprint density at radius 1 is 0.304 bits per heavy atom. The average molecular weight is 1180 g/mol. The molecule has 0 N–H and O–H groups in total. The largest absolute Gasteiger partial charge is 0.237 e. The molecule has 1 spiro atoms. The van der Waals surface area contributed by atoms with Crippen LogP contribution in [0.25, 0.3) is 140 Å². The second kappa shape index (κ2) is 22.5. The number of fused-ring (bicyclic) bond motifs is 3. The lowest BCUT2D eigenvalue weighted by Crippen LogP contribution is -2.55. The molecule has 434 valence electrons. The summed E-state index contributed by atoms with van der Waals surface area (Å²) < 4.78 is 0. The van der Waals surface area contributed by atoms with Crippen LogP contribution in [0.5, 0.6) is 0 Å². The van der Waals surface area contributed by atoms with Crippen LogP contribution in [0.15, 0.2) is 267 Å². The molecule has 0 atom stereocenters. The molecule has 4 bridgehead atoms. The predicted molar refractivity (Wildman–Crippen MR) is 367 cm³/mol. The van der Waals surface area contributed by atoms with Crippen molar-refractivity contribution in [3.05, 3.63) is 295 Å². The summed E-state index contributed by atoms with van der Waals surface area (Å²) >= 11 is 0. The van der Waals surface area contributed by atoms with Crippen molar-refractivity contribution >= 4 is 5.69 Å². The topological polar surface area (TPSA) is 105 Å². The highest BCUT2D eigenvalue weighted by atomic mass is 15.0. The first-order valence-corrected chi connectivity index (χ1v) is 31.8. The second-order valence-electron chi connectivity index (χ2n) is 25.2. The van der Waals surface area contributed by atoms with Crippen LogP contribution in [-0.4, -0.2) is 29.9 Å². The van der Waals surface area contributed by atoms with Gasteiger partial charge in [0.25, 0.3) is 0 Å². The lowest BCUT2D eigenvalue weighted by Gasteiger charge is -2.61. The molecule has 8 nitrogen and oxygen atoms in total. The van der Waals surface area contributed by atoms with Gasteiger partial charge in [-0.15, -0.1) is 0 Å². The molecule has 92 heavy (non-hydrogen) atoms. The zero-order valence-electron chi connectivity index (χ0n) is 50.3. The van der Waals surface area contributed by atoms with Crippen LogP contribution in [0.4, 0.5) is 5.69 Å². The van der Waals surface area contributed by atoms with E-state index in [0.717, 1.165) is 84.2 Å². The highest BCUT2D eigenvalue weighted by molar-refractivity contribution is 5.93. The van der Waals surface area contributed by atoms with Gasteiger partial charge < -0.3 is 0 Å². The lowest BCUT2D eigenvalue weighted by atomic mass is 9.43. The Hall–Kier alpha value is -11.6. The molecule has 4 fully saturated rings. The van der Waals surface area contributed by atoms with Crippen molar-refractivity contribution in [2.45, 2.75) is 37.5 Å². The van der Waals surface area contributed by atoms with E-state index in [0.29, 0.717) is 69.2 Å². The smallest absolute Gasteiger partial charge is 0.205 e. The molecule has 5 aliphatic rings. The highest BCUT2D eigenvalue weighted by Gasteiger charge is 2.61. The highest BCUT2D eigenvalue weighted by Crippen LogP contribution is 2.70. The van der Waals surface area contributed by atoms with Gasteiger partial charge in [-0.3, -0.25) is 0 Å². The summed E-state index contributed by atoms with van der Waals surface area (Å²) in [5.74, 6) is 5.64. The molecule has 0 amide bonds. The van der Waals surface area contributed by atoms with Crippen LogP contribution in [-0.2, 0) is 5.41 Å². The van der Waals surface area contributed by atoms with E-state index < -0.39 is 0 Å². The summed E-state index contributed by atoms with van der Waals surface area (Å²) in [5.41, 5.74) is 21.6. The third kappa shape index (κ3) is 9.33. The fourth-order valence-corrected chi connectivity index (χ4v) is 16.1. The van der Waals surface area contributed by atoms with E-state index in [1.165, 1.54) is 59.9 Å². The van der Waals surface area contributed by atoms with Crippen molar-refractivity contribution in [1.82, 2.24) is 29.9 Å². The van der Waals surface area contributed by atoms with Gasteiger partial charge in [0.05, 0.1) is 12.1 Å². The Balaban J connectivity index is 0.720. The van der Waals surface area contributed by atoms with E-state index in [1.807, 2.05) is 109 Å². The summed E-state index contributed by atoms with van der Waals surface area (Å²) in [6.07, 6.45) is 6.30. The number of aromatic nitrogens is 6. The summed E-state index contributed by atoms with van der Waals surface area (Å²) in [5, 5.41) is 11.1. The first kappa shape index (κ1) is 54.6. The Morgan fingerprint density at radius 2 is 0.641 bits per heavy atom. The minimum atomic E-state index is -0.160. The van der Waals surface area contributed by atoms with Gasteiger partial charge in [0.15, 0.2) is 34.9 Å². The molecule has 4 saturated carbocycles. The van der Waals surface area contributed by atoms with Crippen molar-refractivity contribution in [1.29, 1.82) is 5.26 Å². The minimum absolute atomic E-state index is 0.160. The Labute approximate surface area is 535 Å². The Morgan fingerprint density at radius 3 is 1.11 bits per heavy atom. The molecule has 0 aliphatic heterocycles. The van der Waals surface area contributed by atoms with Gasteiger partial charge in [-0.2, -0.15) is 5.26 Å². The molecule has 2 heterocycles. The summed E-state index contributed by atoms with van der Waals surface area (Å²) in [6.45, 7) is 8.90. The maximum Gasteiger partial charge on any atom is 0.205 e. The SMILES string of the molecule is [C-]#[N+]c1c(-c2ccc3c(c2)C2(c4cc(-c5ccc(-c6cccc(-c7nc(-c8ccccc8)nc(-c8ccc(-c9ccccc9)cc8)n7)c6C#N)cc5)ccc4-3)C3CC4CC(C3)CC2C4)cccc1-c1nc(-c2ccccc2)nc(-c2ccc(-c3ccccc3)cc2)n1. The molecule has 8 heteroatoms.